The van der Waals surface area contributed by atoms with Crippen molar-refractivity contribution in [3.8, 4) is 0 Å². The second-order valence-corrected chi connectivity index (χ2v) is 2.92. The molecular formula is C9H8ClNO2. The predicted molar refractivity (Wildman–Crippen MR) is 50.7 cm³/mol. The Hall–Kier alpha value is -1.35. The number of aryl methyl sites for hydroxylation is 1. The van der Waals surface area contributed by atoms with E-state index in [9.17, 15) is 4.79 Å². The van der Waals surface area contributed by atoms with Gasteiger partial charge in [0.2, 0.25) is 0 Å². The predicted octanol–water partition coefficient (Wildman–Crippen LogP) is 2.14. The van der Waals surface area contributed by atoms with Crippen LogP contribution in [-0.4, -0.2) is 16.1 Å². The average Bonchev–Trinajstić information content (AvgIpc) is 2.02. The molecule has 3 nitrogen and oxygen atoms in total. The molecule has 1 heterocycles. The molecule has 68 valence electrons. The van der Waals surface area contributed by atoms with E-state index in [-0.39, 0.29) is 0 Å². The van der Waals surface area contributed by atoms with Crippen LogP contribution in [0.25, 0.3) is 6.08 Å². The van der Waals surface area contributed by atoms with E-state index in [4.69, 9.17) is 16.7 Å². The third-order valence-electron chi connectivity index (χ3n) is 1.52. The molecule has 0 aromatic carbocycles. The van der Waals surface area contributed by atoms with Crippen molar-refractivity contribution in [2.45, 2.75) is 6.92 Å². The molecule has 4 heteroatoms. The lowest BCUT2D eigenvalue weighted by Gasteiger charge is -1.98. The van der Waals surface area contributed by atoms with Gasteiger partial charge in [-0.25, -0.2) is 9.78 Å². The van der Waals surface area contributed by atoms with Gasteiger partial charge >= 0.3 is 5.97 Å². The molecule has 0 atom stereocenters. The lowest BCUT2D eigenvalue weighted by Crippen LogP contribution is -1.88. The van der Waals surface area contributed by atoms with Crippen molar-refractivity contribution in [2.24, 2.45) is 0 Å². The summed E-state index contributed by atoms with van der Waals surface area (Å²) in [6, 6.07) is 1.68. The van der Waals surface area contributed by atoms with Gasteiger partial charge in [0.05, 0.1) is 0 Å². The number of nitrogens with zero attached hydrogens (tertiary/aromatic N) is 1. The number of carbonyl (C=O) groups is 1. The van der Waals surface area contributed by atoms with Crippen molar-refractivity contribution in [3.63, 3.8) is 0 Å². The minimum absolute atomic E-state index is 0.407. The normalized spacial score (nSPS) is 10.6. The van der Waals surface area contributed by atoms with Crippen LogP contribution in [0.2, 0.25) is 5.15 Å². The lowest BCUT2D eigenvalue weighted by molar-refractivity contribution is -0.131. The molecule has 0 unspecified atom stereocenters. The Morgan fingerprint density at radius 3 is 2.92 bits per heavy atom. The second kappa shape index (κ2) is 4.05. The number of hydrogen-bond acceptors (Lipinski definition) is 2. The van der Waals surface area contributed by atoms with Gasteiger partial charge in [0, 0.05) is 12.3 Å². The van der Waals surface area contributed by atoms with Gasteiger partial charge in [-0.1, -0.05) is 11.6 Å². The molecule has 0 amide bonds. The fourth-order valence-corrected chi connectivity index (χ4v) is 1.08. The highest BCUT2D eigenvalue weighted by Gasteiger charge is 1.96. The maximum Gasteiger partial charge on any atom is 0.328 e. The van der Waals surface area contributed by atoms with E-state index >= 15 is 0 Å². The minimum Gasteiger partial charge on any atom is -0.478 e. The van der Waals surface area contributed by atoms with E-state index in [0.29, 0.717) is 5.15 Å². The van der Waals surface area contributed by atoms with Gasteiger partial charge in [0.15, 0.2) is 0 Å². The van der Waals surface area contributed by atoms with Crippen LogP contribution in [0.1, 0.15) is 11.1 Å². The molecular weight excluding hydrogens is 190 g/mol. The first-order valence-corrected chi connectivity index (χ1v) is 4.00. The van der Waals surface area contributed by atoms with E-state index in [1.807, 2.05) is 6.92 Å². The molecule has 0 saturated heterocycles. The van der Waals surface area contributed by atoms with Gasteiger partial charge in [0.1, 0.15) is 5.15 Å². The topological polar surface area (TPSA) is 50.2 Å². The van der Waals surface area contributed by atoms with E-state index in [1.165, 1.54) is 12.3 Å². The molecule has 1 aromatic rings. The summed E-state index contributed by atoms with van der Waals surface area (Å²) >= 11 is 5.63. The van der Waals surface area contributed by atoms with Crippen LogP contribution in [0.15, 0.2) is 18.3 Å². The molecule has 13 heavy (non-hydrogen) atoms. The van der Waals surface area contributed by atoms with Crippen molar-refractivity contribution in [3.05, 3.63) is 34.6 Å². The number of carboxylic acid groups (broad SMARTS) is 1. The molecule has 1 aromatic heterocycles. The fourth-order valence-electron chi connectivity index (χ4n) is 0.868. The second-order valence-electron chi connectivity index (χ2n) is 2.54. The highest BCUT2D eigenvalue weighted by molar-refractivity contribution is 6.29. The summed E-state index contributed by atoms with van der Waals surface area (Å²) in [6.45, 7) is 1.84. The van der Waals surface area contributed by atoms with Crippen LogP contribution in [-0.2, 0) is 4.79 Å². The Labute approximate surface area is 80.7 Å². The molecule has 1 rings (SSSR count). The van der Waals surface area contributed by atoms with Gasteiger partial charge < -0.3 is 5.11 Å². The zero-order chi connectivity index (χ0) is 9.84. The Balaban J connectivity index is 2.96. The molecule has 0 aliphatic heterocycles. The highest BCUT2D eigenvalue weighted by atomic mass is 35.5. The Morgan fingerprint density at radius 1 is 1.69 bits per heavy atom. The summed E-state index contributed by atoms with van der Waals surface area (Å²) in [5, 5.41) is 8.79. The average molecular weight is 198 g/mol. The number of rotatable bonds is 2. The summed E-state index contributed by atoms with van der Waals surface area (Å²) in [6.07, 6.45) is 4.09. The van der Waals surface area contributed by atoms with Crippen LogP contribution >= 0.6 is 11.6 Å². The van der Waals surface area contributed by atoms with E-state index in [0.717, 1.165) is 17.2 Å². The van der Waals surface area contributed by atoms with Crippen LogP contribution in [0.4, 0.5) is 0 Å². The van der Waals surface area contributed by atoms with Gasteiger partial charge in [0.25, 0.3) is 0 Å². The fraction of sp³-hybridized carbons (Fsp3) is 0.111. The van der Waals surface area contributed by atoms with Crippen molar-refractivity contribution in [1.29, 1.82) is 0 Å². The first-order valence-electron chi connectivity index (χ1n) is 3.63. The summed E-state index contributed by atoms with van der Waals surface area (Å²) in [4.78, 5) is 14.1. The molecule has 0 aliphatic carbocycles. The molecule has 0 spiro atoms. The third kappa shape index (κ3) is 2.87. The highest BCUT2D eigenvalue weighted by Crippen LogP contribution is 2.12. The summed E-state index contributed by atoms with van der Waals surface area (Å²) in [7, 11) is 0. The first-order chi connectivity index (χ1) is 6.09. The first kappa shape index (κ1) is 9.74. The maximum atomic E-state index is 10.2. The SMILES string of the molecule is Cc1cc(Cl)ncc1C=CC(=O)O. The number of carboxylic acids is 1. The number of aromatic nitrogens is 1. The Morgan fingerprint density at radius 2 is 2.38 bits per heavy atom. The zero-order valence-electron chi connectivity index (χ0n) is 6.99. The molecule has 1 N–H and O–H groups in total. The largest absolute Gasteiger partial charge is 0.478 e. The smallest absolute Gasteiger partial charge is 0.328 e. The van der Waals surface area contributed by atoms with Crippen LogP contribution in [0.3, 0.4) is 0 Å². The molecule has 0 fully saturated rings. The summed E-state index contributed by atoms with van der Waals surface area (Å²) in [5.41, 5.74) is 1.66. The van der Waals surface area contributed by atoms with E-state index in [1.54, 1.807) is 6.07 Å². The van der Waals surface area contributed by atoms with Crippen LogP contribution in [0.5, 0.6) is 0 Å². The van der Waals surface area contributed by atoms with Crippen LogP contribution < -0.4 is 0 Å². The van der Waals surface area contributed by atoms with Gasteiger partial charge in [-0.2, -0.15) is 0 Å². The molecule has 0 bridgehead atoms. The molecule has 0 saturated carbocycles. The van der Waals surface area contributed by atoms with Gasteiger partial charge in [-0.3, -0.25) is 0 Å². The Kier molecular flexibility index (Phi) is 3.03. The lowest BCUT2D eigenvalue weighted by atomic mass is 10.1. The van der Waals surface area contributed by atoms with Crippen molar-refractivity contribution in [2.75, 3.05) is 0 Å². The summed E-state index contributed by atoms with van der Waals surface area (Å²) < 4.78 is 0. The monoisotopic (exact) mass is 197 g/mol. The van der Waals surface area contributed by atoms with Gasteiger partial charge in [-0.15, -0.1) is 0 Å². The zero-order valence-corrected chi connectivity index (χ0v) is 7.75. The third-order valence-corrected chi connectivity index (χ3v) is 1.73. The van der Waals surface area contributed by atoms with E-state index in [2.05, 4.69) is 4.98 Å². The maximum absolute atomic E-state index is 10.2. The molecule has 0 aliphatic rings. The Bertz CT molecular complexity index is 361. The van der Waals surface area contributed by atoms with Gasteiger partial charge in [-0.05, 0) is 30.2 Å². The quantitative estimate of drug-likeness (QED) is 0.584. The van der Waals surface area contributed by atoms with Crippen molar-refractivity contribution < 1.29 is 9.90 Å². The van der Waals surface area contributed by atoms with Crippen LogP contribution in [0, 0.1) is 6.92 Å². The number of aliphatic carboxylic acids is 1. The van der Waals surface area contributed by atoms with Crippen molar-refractivity contribution in [1.82, 2.24) is 4.98 Å². The van der Waals surface area contributed by atoms with Crippen molar-refractivity contribution >= 4 is 23.6 Å². The number of halogens is 1. The minimum atomic E-state index is -0.977. The number of pyridine rings is 1. The molecule has 0 radical (unpaired) electrons. The number of hydrogen-bond donors (Lipinski definition) is 1. The standard InChI is InChI=1S/C9H8ClNO2/c1-6-4-8(10)11-5-7(6)2-3-9(12)13/h2-5H,1H3,(H,12,13). The summed E-state index contributed by atoms with van der Waals surface area (Å²) in [5.74, 6) is -0.977. The van der Waals surface area contributed by atoms with E-state index < -0.39 is 5.97 Å².